The minimum Gasteiger partial charge on any atom is -0.342 e. The molecule has 2 rings (SSSR count). The Morgan fingerprint density at radius 2 is 2.05 bits per heavy atom. The molecule has 0 aliphatic carbocycles. The lowest BCUT2D eigenvalue weighted by molar-refractivity contribution is -0.128. The number of hydrogen-bond acceptors (Lipinski definition) is 2. The fraction of sp³-hybridized carbons (Fsp3) is 0.471. The first kappa shape index (κ1) is 14.6. The second-order valence-electron chi connectivity index (χ2n) is 5.30. The highest BCUT2D eigenvalue weighted by atomic mass is 16.2. The lowest BCUT2D eigenvalue weighted by atomic mass is 9.72. The molecule has 1 aliphatic rings. The van der Waals surface area contributed by atoms with E-state index in [0.717, 1.165) is 37.9 Å². The maximum absolute atomic E-state index is 12.8. The fourth-order valence-corrected chi connectivity index (χ4v) is 2.82. The summed E-state index contributed by atoms with van der Waals surface area (Å²) in [6.45, 7) is 3.70. The van der Waals surface area contributed by atoms with Gasteiger partial charge in [-0.05, 0) is 37.9 Å². The smallest absolute Gasteiger partial charge is 0.231 e. The van der Waals surface area contributed by atoms with E-state index in [0.29, 0.717) is 0 Å². The number of hydrogen-bond donors (Lipinski definition) is 2. The van der Waals surface area contributed by atoms with E-state index < -0.39 is 5.41 Å². The van der Waals surface area contributed by atoms with Gasteiger partial charge in [0.2, 0.25) is 5.91 Å². The molecule has 3 heteroatoms. The third-order valence-electron chi connectivity index (χ3n) is 4.13. The molecule has 1 saturated heterocycles. The van der Waals surface area contributed by atoms with E-state index in [1.165, 1.54) is 0 Å². The Morgan fingerprint density at radius 1 is 1.40 bits per heavy atom. The fourth-order valence-electron chi connectivity index (χ4n) is 2.82. The van der Waals surface area contributed by atoms with Gasteiger partial charge in [-0.15, -0.1) is 6.42 Å². The van der Waals surface area contributed by atoms with E-state index >= 15 is 0 Å². The van der Waals surface area contributed by atoms with Gasteiger partial charge in [0, 0.05) is 0 Å². The lowest BCUT2D eigenvalue weighted by Crippen LogP contribution is -2.52. The van der Waals surface area contributed by atoms with Crippen molar-refractivity contribution in [1.29, 1.82) is 0 Å². The molecule has 1 aromatic carbocycles. The van der Waals surface area contributed by atoms with Gasteiger partial charge in [0.05, 0.1) is 11.5 Å². The Bertz CT molecular complexity index is 483. The van der Waals surface area contributed by atoms with Crippen LogP contribution in [0.1, 0.15) is 31.7 Å². The van der Waals surface area contributed by atoms with Gasteiger partial charge in [-0.2, -0.15) is 0 Å². The van der Waals surface area contributed by atoms with Crippen LogP contribution in [0.5, 0.6) is 0 Å². The van der Waals surface area contributed by atoms with Crippen molar-refractivity contribution in [2.45, 2.75) is 37.6 Å². The molecule has 1 unspecified atom stereocenters. The molecule has 0 aromatic heterocycles. The number of nitrogens with one attached hydrogen (secondary N) is 2. The van der Waals surface area contributed by atoms with E-state index in [-0.39, 0.29) is 11.9 Å². The largest absolute Gasteiger partial charge is 0.342 e. The molecule has 1 fully saturated rings. The van der Waals surface area contributed by atoms with Crippen molar-refractivity contribution in [2.75, 3.05) is 13.1 Å². The SMILES string of the molecule is C#CC(CC)NC(=O)C1(c2ccccc2)CCNCC1. The molecule has 1 atom stereocenters. The second kappa shape index (κ2) is 6.58. The third kappa shape index (κ3) is 2.86. The molecule has 1 aliphatic heterocycles. The van der Waals surface area contributed by atoms with E-state index in [1.807, 2.05) is 37.3 Å². The number of amides is 1. The molecular weight excluding hydrogens is 248 g/mol. The van der Waals surface area contributed by atoms with Crippen LogP contribution in [0.15, 0.2) is 30.3 Å². The van der Waals surface area contributed by atoms with Gasteiger partial charge in [-0.3, -0.25) is 4.79 Å². The highest BCUT2D eigenvalue weighted by Gasteiger charge is 2.41. The maximum Gasteiger partial charge on any atom is 0.231 e. The Morgan fingerprint density at radius 3 is 2.60 bits per heavy atom. The van der Waals surface area contributed by atoms with Gasteiger partial charge in [0.15, 0.2) is 0 Å². The number of terminal acetylenes is 1. The predicted octanol–water partition coefficient (Wildman–Crippen LogP) is 1.84. The molecule has 20 heavy (non-hydrogen) atoms. The summed E-state index contributed by atoms with van der Waals surface area (Å²) < 4.78 is 0. The molecule has 1 aromatic rings. The summed E-state index contributed by atoms with van der Waals surface area (Å²) in [7, 11) is 0. The van der Waals surface area contributed by atoms with E-state index in [4.69, 9.17) is 6.42 Å². The highest BCUT2D eigenvalue weighted by molar-refractivity contribution is 5.89. The number of carbonyl (C=O) groups is 1. The van der Waals surface area contributed by atoms with Crippen LogP contribution in [-0.2, 0) is 10.2 Å². The Balaban J connectivity index is 2.28. The van der Waals surface area contributed by atoms with Gasteiger partial charge >= 0.3 is 0 Å². The summed E-state index contributed by atoms with van der Waals surface area (Å²) in [4.78, 5) is 12.8. The summed E-state index contributed by atoms with van der Waals surface area (Å²) >= 11 is 0. The minimum absolute atomic E-state index is 0.0648. The van der Waals surface area contributed by atoms with Crippen LogP contribution in [0.25, 0.3) is 0 Å². The van der Waals surface area contributed by atoms with Gasteiger partial charge in [0.25, 0.3) is 0 Å². The van der Waals surface area contributed by atoms with E-state index in [9.17, 15) is 4.79 Å². The van der Waals surface area contributed by atoms with E-state index in [1.54, 1.807) is 0 Å². The first-order valence-electron chi connectivity index (χ1n) is 7.26. The first-order chi connectivity index (χ1) is 9.73. The van der Waals surface area contributed by atoms with Crippen LogP contribution in [-0.4, -0.2) is 25.0 Å². The maximum atomic E-state index is 12.8. The summed E-state index contributed by atoms with van der Waals surface area (Å²) in [5.41, 5.74) is 0.641. The van der Waals surface area contributed by atoms with Gasteiger partial charge in [-0.1, -0.05) is 43.2 Å². The van der Waals surface area contributed by atoms with Crippen LogP contribution in [0.4, 0.5) is 0 Å². The van der Waals surface area contributed by atoms with Crippen molar-refractivity contribution < 1.29 is 4.79 Å². The topological polar surface area (TPSA) is 41.1 Å². The molecule has 0 spiro atoms. The number of carbonyl (C=O) groups excluding carboxylic acids is 1. The van der Waals surface area contributed by atoms with Gasteiger partial charge in [-0.25, -0.2) is 0 Å². The zero-order valence-electron chi connectivity index (χ0n) is 12.0. The third-order valence-corrected chi connectivity index (χ3v) is 4.13. The number of piperidine rings is 1. The van der Waals surface area contributed by atoms with Crippen LogP contribution >= 0.6 is 0 Å². The Labute approximate surface area is 121 Å². The average molecular weight is 270 g/mol. The normalized spacial score (nSPS) is 18.8. The lowest BCUT2D eigenvalue weighted by Gasteiger charge is -2.37. The summed E-state index contributed by atoms with van der Waals surface area (Å²) in [5.74, 6) is 2.71. The summed E-state index contributed by atoms with van der Waals surface area (Å²) in [5, 5.41) is 6.35. The van der Waals surface area contributed by atoms with Crippen LogP contribution < -0.4 is 10.6 Å². The second-order valence-corrected chi connectivity index (χ2v) is 5.30. The van der Waals surface area contributed by atoms with Crippen LogP contribution in [0.3, 0.4) is 0 Å². The molecule has 1 amide bonds. The first-order valence-corrected chi connectivity index (χ1v) is 7.26. The van der Waals surface area contributed by atoms with Crippen molar-refractivity contribution in [1.82, 2.24) is 10.6 Å². The van der Waals surface area contributed by atoms with E-state index in [2.05, 4.69) is 16.6 Å². The zero-order chi connectivity index (χ0) is 14.4. The van der Waals surface area contributed by atoms with Crippen molar-refractivity contribution in [3.8, 4) is 12.3 Å². The average Bonchev–Trinajstić information content (AvgIpc) is 2.53. The highest BCUT2D eigenvalue weighted by Crippen LogP contribution is 2.33. The number of benzene rings is 1. The zero-order valence-corrected chi connectivity index (χ0v) is 12.0. The standard InChI is InChI=1S/C17H22N2O/c1-3-15(4-2)19-16(20)17(10-12-18-13-11-17)14-8-6-5-7-9-14/h1,5-9,15,18H,4,10-13H2,2H3,(H,19,20). The predicted molar refractivity (Wildman–Crippen MR) is 81.3 cm³/mol. The quantitative estimate of drug-likeness (QED) is 0.820. The molecular formula is C17H22N2O. The van der Waals surface area contributed by atoms with Crippen molar-refractivity contribution >= 4 is 5.91 Å². The molecule has 0 radical (unpaired) electrons. The number of rotatable bonds is 4. The summed E-state index contributed by atoms with van der Waals surface area (Å²) in [6, 6.07) is 9.86. The van der Waals surface area contributed by atoms with Crippen molar-refractivity contribution in [3.63, 3.8) is 0 Å². The Kier molecular flexibility index (Phi) is 4.81. The molecule has 3 nitrogen and oxygen atoms in total. The van der Waals surface area contributed by atoms with Gasteiger partial charge < -0.3 is 10.6 Å². The van der Waals surface area contributed by atoms with Crippen LogP contribution in [0.2, 0.25) is 0 Å². The van der Waals surface area contributed by atoms with Gasteiger partial charge in [0.1, 0.15) is 0 Å². The Hall–Kier alpha value is -1.79. The summed E-state index contributed by atoms with van der Waals surface area (Å²) in [6.07, 6.45) is 7.84. The van der Waals surface area contributed by atoms with Crippen LogP contribution in [0, 0.1) is 12.3 Å². The van der Waals surface area contributed by atoms with Crippen molar-refractivity contribution in [2.24, 2.45) is 0 Å². The minimum atomic E-state index is -0.448. The molecule has 2 N–H and O–H groups in total. The molecule has 1 heterocycles. The molecule has 106 valence electrons. The molecule has 0 bridgehead atoms. The van der Waals surface area contributed by atoms with Crippen molar-refractivity contribution in [3.05, 3.63) is 35.9 Å². The molecule has 0 saturated carbocycles. The monoisotopic (exact) mass is 270 g/mol.